The molecule has 0 aromatic rings. The van der Waals surface area contributed by atoms with E-state index in [0.717, 1.165) is 62.1 Å². The Kier molecular flexibility index (Phi) is 34.4. The van der Waals surface area contributed by atoms with Crippen molar-refractivity contribution in [2.24, 2.45) is 9.98 Å². The van der Waals surface area contributed by atoms with Crippen molar-refractivity contribution < 1.29 is 23.9 Å². The summed E-state index contributed by atoms with van der Waals surface area (Å²) < 4.78 is 11.7. The summed E-state index contributed by atoms with van der Waals surface area (Å²) in [5, 5.41) is 15.7. The maximum absolute atomic E-state index is 11.9. The van der Waals surface area contributed by atoms with Crippen LogP contribution in [0.3, 0.4) is 0 Å². The van der Waals surface area contributed by atoms with Gasteiger partial charge in [-0.3, -0.25) is 19.0 Å². The molecule has 0 aliphatic rings. The van der Waals surface area contributed by atoms with Crippen LogP contribution >= 0.6 is 82.3 Å². The summed E-state index contributed by atoms with van der Waals surface area (Å²) in [6.07, 6.45) is 2.83. The second kappa shape index (κ2) is 33.3. The van der Waals surface area contributed by atoms with Crippen LogP contribution in [-0.2, 0) is 20.6 Å². The molecular formula is C21H41N3O5S8. The molecule has 8 nitrogen and oxygen atoms in total. The van der Waals surface area contributed by atoms with Crippen molar-refractivity contribution in [1.82, 2.24) is 5.32 Å². The van der Waals surface area contributed by atoms with E-state index in [1.165, 1.54) is 18.2 Å². The molecule has 0 radical (unpaired) electrons. The van der Waals surface area contributed by atoms with E-state index < -0.39 is 10.8 Å². The Morgan fingerprint density at radius 3 is 2.35 bits per heavy atom. The normalized spacial score (nSPS) is 12.5. The van der Waals surface area contributed by atoms with Crippen molar-refractivity contribution in [2.75, 3.05) is 87.7 Å². The van der Waals surface area contributed by atoms with Gasteiger partial charge in [0.2, 0.25) is 6.40 Å². The van der Waals surface area contributed by atoms with E-state index in [1.54, 1.807) is 5.55 Å². The summed E-state index contributed by atoms with van der Waals surface area (Å²) in [4.78, 5) is 29.6. The number of carbonyl (C=O) groups excluding carboxylic acids is 1. The molecule has 0 aromatic carbocycles. The molecule has 0 aliphatic carbocycles. The molecule has 0 heterocycles. The van der Waals surface area contributed by atoms with Gasteiger partial charge in [-0.05, 0) is 12.8 Å². The average molecular weight is 672 g/mol. The van der Waals surface area contributed by atoms with Gasteiger partial charge < -0.3 is 15.3 Å². The Labute approximate surface area is 255 Å². The van der Waals surface area contributed by atoms with E-state index in [9.17, 15) is 9.00 Å². The van der Waals surface area contributed by atoms with Crippen molar-refractivity contribution in [3.8, 4) is 0 Å². The topological polar surface area (TPSA) is 110 Å². The van der Waals surface area contributed by atoms with Crippen LogP contribution < -0.4 is 5.32 Å². The van der Waals surface area contributed by atoms with Crippen LogP contribution in [0, 0.1) is 0 Å². The number of hydrogen-bond donors (Lipinski definition) is 2. The second-order valence-corrected chi connectivity index (χ2v) is 17.0. The molecule has 0 bridgehead atoms. The zero-order chi connectivity index (χ0) is 27.1. The number of aliphatic imine (C=N–C) groups is 2. The van der Waals surface area contributed by atoms with Crippen molar-refractivity contribution in [1.29, 1.82) is 0 Å². The van der Waals surface area contributed by atoms with Gasteiger partial charge in [0, 0.05) is 74.6 Å². The minimum atomic E-state index is -0.932. The molecular weight excluding hydrogens is 631 g/mol. The van der Waals surface area contributed by atoms with Crippen LogP contribution in [0.2, 0.25) is 0 Å². The fourth-order valence-corrected chi connectivity index (χ4v) is 10.6. The molecule has 0 saturated carbocycles. The number of aliphatic hydroxyl groups is 1. The summed E-state index contributed by atoms with van der Waals surface area (Å²) in [7, 11) is -0.932. The van der Waals surface area contributed by atoms with Gasteiger partial charge in [0.25, 0.3) is 5.24 Å². The SMILES string of the molecule is CCCN=CS(=O)CCSCSCSCCSC(=O)NCCSCSCSCCN=COOCCCO. The summed E-state index contributed by atoms with van der Waals surface area (Å²) in [5.41, 5.74) is 1.58. The maximum Gasteiger partial charge on any atom is 0.279 e. The van der Waals surface area contributed by atoms with Crippen LogP contribution in [-0.4, -0.2) is 114 Å². The Morgan fingerprint density at radius 1 is 0.919 bits per heavy atom. The Bertz CT molecular complexity index is 594. The van der Waals surface area contributed by atoms with Crippen molar-refractivity contribution in [3.05, 3.63) is 0 Å². The van der Waals surface area contributed by atoms with Crippen molar-refractivity contribution >= 4 is 110 Å². The molecule has 0 rings (SSSR count). The standard InChI is InChI=1S/C21H41N3O5S8/c1-2-4-23-16-37(27)14-13-33-20-35-19-32-11-12-36-21(26)24-6-10-31-18-34-17-30-9-5-22-15-29-28-8-3-7-25/h15-16,25H,2-14,17-20H2,1H3,(H,24,26). The van der Waals surface area contributed by atoms with Crippen molar-refractivity contribution in [3.63, 3.8) is 0 Å². The number of carbonyl (C=O) groups is 1. The predicted octanol–water partition coefficient (Wildman–Crippen LogP) is 5.20. The molecule has 1 atom stereocenters. The molecule has 0 spiro atoms. The third-order valence-electron chi connectivity index (χ3n) is 3.55. The number of aliphatic hydroxyl groups excluding tert-OH is 1. The monoisotopic (exact) mass is 671 g/mol. The minimum Gasteiger partial charge on any atom is -0.396 e. The molecule has 0 aliphatic heterocycles. The van der Waals surface area contributed by atoms with Crippen LogP contribution in [0.25, 0.3) is 0 Å². The lowest BCUT2D eigenvalue weighted by atomic mass is 10.5. The largest absolute Gasteiger partial charge is 0.396 e. The Morgan fingerprint density at radius 2 is 1.62 bits per heavy atom. The average Bonchev–Trinajstić information content (AvgIpc) is 2.89. The van der Waals surface area contributed by atoms with E-state index in [4.69, 9.17) is 14.9 Å². The lowest BCUT2D eigenvalue weighted by Gasteiger charge is -2.05. The summed E-state index contributed by atoms with van der Waals surface area (Å²) in [6, 6.07) is 0. The predicted molar refractivity (Wildman–Crippen MR) is 179 cm³/mol. The number of nitrogens with zero attached hydrogens (tertiary/aromatic N) is 2. The third-order valence-corrected chi connectivity index (χ3v) is 13.2. The van der Waals surface area contributed by atoms with Gasteiger partial charge in [0.15, 0.2) is 0 Å². The Hall–Kier alpha value is 1.13. The quantitative estimate of drug-likeness (QED) is 0.0285. The van der Waals surface area contributed by atoms with E-state index in [1.807, 2.05) is 70.6 Å². The van der Waals surface area contributed by atoms with E-state index in [0.29, 0.717) is 31.9 Å². The van der Waals surface area contributed by atoms with Crippen LogP contribution in [0.1, 0.15) is 19.8 Å². The number of amides is 1. The fourth-order valence-electron chi connectivity index (χ4n) is 1.87. The lowest BCUT2D eigenvalue weighted by molar-refractivity contribution is -0.218. The highest BCUT2D eigenvalue weighted by Crippen LogP contribution is 2.19. The lowest BCUT2D eigenvalue weighted by Crippen LogP contribution is -2.22. The van der Waals surface area contributed by atoms with E-state index in [2.05, 4.69) is 22.2 Å². The molecule has 16 heteroatoms. The highest BCUT2D eigenvalue weighted by Gasteiger charge is 2.02. The first-order valence-electron chi connectivity index (χ1n) is 11.8. The van der Waals surface area contributed by atoms with Gasteiger partial charge in [-0.15, -0.1) is 47.0 Å². The number of thioether (sulfide) groups is 7. The zero-order valence-corrected chi connectivity index (χ0v) is 27.9. The van der Waals surface area contributed by atoms with Gasteiger partial charge in [-0.2, -0.15) is 28.4 Å². The maximum atomic E-state index is 11.9. The Balaban J connectivity index is 3.26. The van der Waals surface area contributed by atoms with Gasteiger partial charge in [0.05, 0.1) is 29.5 Å². The number of nitrogens with one attached hydrogen (secondary N) is 1. The van der Waals surface area contributed by atoms with Crippen LogP contribution in [0.5, 0.6) is 0 Å². The summed E-state index contributed by atoms with van der Waals surface area (Å²) in [6.45, 7) is 4.64. The number of hydrogen-bond acceptors (Lipinski definition) is 14. The first-order chi connectivity index (χ1) is 18.2. The fraction of sp³-hybridized carbons (Fsp3) is 0.857. The van der Waals surface area contributed by atoms with E-state index >= 15 is 0 Å². The van der Waals surface area contributed by atoms with Crippen LogP contribution in [0.15, 0.2) is 9.98 Å². The smallest absolute Gasteiger partial charge is 0.279 e. The highest BCUT2D eigenvalue weighted by molar-refractivity contribution is 8.23. The van der Waals surface area contributed by atoms with Crippen molar-refractivity contribution in [2.45, 2.75) is 19.8 Å². The highest BCUT2D eigenvalue weighted by atomic mass is 32.2. The zero-order valence-electron chi connectivity index (χ0n) is 21.4. The molecule has 2 N–H and O–H groups in total. The van der Waals surface area contributed by atoms with Crippen LogP contribution in [0.4, 0.5) is 4.79 Å². The molecule has 1 amide bonds. The third kappa shape index (κ3) is 33.2. The molecule has 37 heavy (non-hydrogen) atoms. The first kappa shape index (κ1) is 38.1. The molecule has 0 aromatic heterocycles. The number of rotatable bonds is 28. The molecule has 0 saturated heterocycles. The van der Waals surface area contributed by atoms with Gasteiger partial charge in [-0.1, -0.05) is 18.7 Å². The molecule has 1 unspecified atom stereocenters. The van der Waals surface area contributed by atoms with Gasteiger partial charge in [-0.25, -0.2) is 0 Å². The minimum absolute atomic E-state index is 0.0615. The van der Waals surface area contributed by atoms with Gasteiger partial charge in [0.1, 0.15) is 0 Å². The van der Waals surface area contributed by atoms with Gasteiger partial charge >= 0.3 is 0 Å². The first-order valence-corrected chi connectivity index (χ1v) is 21.1. The summed E-state index contributed by atoms with van der Waals surface area (Å²) in [5.74, 6) is 5.21. The second-order valence-electron chi connectivity index (χ2n) is 6.68. The summed E-state index contributed by atoms with van der Waals surface area (Å²) >= 11 is 12.4. The van der Waals surface area contributed by atoms with E-state index in [-0.39, 0.29) is 11.8 Å². The molecule has 0 fully saturated rings. The molecule has 218 valence electrons.